The molecule has 0 fully saturated rings. The Morgan fingerprint density at radius 3 is 2.50 bits per heavy atom. The highest BCUT2D eigenvalue weighted by Crippen LogP contribution is 2.26. The summed E-state index contributed by atoms with van der Waals surface area (Å²) in [6.07, 6.45) is -4.55. The standard InChI is InChI=1S/C11H14F3NO3S2/c1-8(9-4-3-5-19-9)20(17,18)6-10(16)15(2)7-11(12,13)14/h3-5,8H,6-7H2,1-2H3/t8-/m0/s1. The molecule has 0 aliphatic carbocycles. The molecule has 4 nitrogen and oxygen atoms in total. The Bertz CT molecular complexity index is 552. The van der Waals surface area contributed by atoms with Gasteiger partial charge in [-0.2, -0.15) is 13.2 Å². The maximum Gasteiger partial charge on any atom is 0.406 e. The Hall–Kier alpha value is -1.09. The van der Waals surface area contributed by atoms with Gasteiger partial charge < -0.3 is 4.90 Å². The highest BCUT2D eigenvalue weighted by atomic mass is 32.2. The van der Waals surface area contributed by atoms with Crippen molar-refractivity contribution in [3.05, 3.63) is 22.4 Å². The van der Waals surface area contributed by atoms with Gasteiger partial charge in [-0.15, -0.1) is 11.3 Å². The summed E-state index contributed by atoms with van der Waals surface area (Å²) in [5.41, 5.74) is 0. The van der Waals surface area contributed by atoms with Gasteiger partial charge in [0, 0.05) is 11.9 Å². The van der Waals surface area contributed by atoms with Crippen molar-refractivity contribution < 1.29 is 26.4 Å². The summed E-state index contributed by atoms with van der Waals surface area (Å²) >= 11 is 1.22. The fourth-order valence-electron chi connectivity index (χ4n) is 1.46. The zero-order valence-electron chi connectivity index (χ0n) is 10.8. The van der Waals surface area contributed by atoms with E-state index in [1.165, 1.54) is 18.3 Å². The predicted octanol–water partition coefficient (Wildman–Crippen LogP) is 2.24. The van der Waals surface area contributed by atoms with Crippen molar-refractivity contribution in [1.82, 2.24) is 4.90 Å². The SMILES string of the molecule is C[C@@H](c1cccs1)S(=O)(=O)CC(=O)N(C)CC(F)(F)F. The number of thiophene rings is 1. The largest absolute Gasteiger partial charge is 0.406 e. The molecule has 0 saturated carbocycles. The summed E-state index contributed by atoms with van der Waals surface area (Å²) in [6, 6.07) is 3.28. The first-order valence-corrected chi connectivity index (χ1v) is 8.18. The molecule has 9 heteroatoms. The molecule has 0 aromatic carbocycles. The van der Waals surface area contributed by atoms with E-state index in [9.17, 15) is 26.4 Å². The minimum atomic E-state index is -4.55. The minimum absolute atomic E-state index is 0.374. The summed E-state index contributed by atoms with van der Waals surface area (Å²) in [5.74, 6) is -2.00. The second kappa shape index (κ2) is 6.13. The van der Waals surface area contributed by atoms with E-state index in [1.807, 2.05) is 0 Å². The van der Waals surface area contributed by atoms with Crippen molar-refractivity contribution >= 4 is 27.1 Å². The smallest absolute Gasteiger partial charge is 0.336 e. The lowest BCUT2D eigenvalue weighted by atomic mass is 10.4. The number of rotatable bonds is 5. The summed E-state index contributed by atoms with van der Waals surface area (Å²) < 4.78 is 60.4. The first-order valence-electron chi connectivity index (χ1n) is 5.58. The number of hydrogen-bond acceptors (Lipinski definition) is 4. The predicted molar refractivity (Wildman–Crippen MR) is 70.2 cm³/mol. The van der Waals surface area contributed by atoms with Gasteiger partial charge in [-0.05, 0) is 18.4 Å². The van der Waals surface area contributed by atoms with E-state index in [-0.39, 0.29) is 0 Å². The van der Waals surface area contributed by atoms with Crippen LogP contribution in [0.15, 0.2) is 17.5 Å². The number of alkyl halides is 3. The van der Waals surface area contributed by atoms with E-state index in [2.05, 4.69) is 0 Å². The Morgan fingerprint density at radius 1 is 1.45 bits per heavy atom. The van der Waals surface area contributed by atoms with Crippen molar-refractivity contribution in [2.45, 2.75) is 18.3 Å². The third-order valence-electron chi connectivity index (χ3n) is 2.65. The maximum absolute atomic E-state index is 12.1. The maximum atomic E-state index is 12.1. The molecule has 1 heterocycles. The van der Waals surface area contributed by atoms with Crippen LogP contribution in [0.2, 0.25) is 0 Å². The van der Waals surface area contributed by atoms with Gasteiger partial charge in [0.25, 0.3) is 0 Å². The highest BCUT2D eigenvalue weighted by molar-refractivity contribution is 7.92. The number of halogens is 3. The number of carbonyl (C=O) groups excluding carboxylic acids is 1. The molecule has 20 heavy (non-hydrogen) atoms. The number of hydrogen-bond donors (Lipinski definition) is 0. The number of nitrogens with zero attached hydrogens (tertiary/aromatic N) is 1. The van der Waals surface area contributed by atoms with Crippen LogP contribution < -0.4 is 0 Å². The fourth-order valence-corrected chi connectivity index (χ4v) is 3.98. The van der Waals surface area contributed by atoms with E-state index in [1.54, 1.807) is 17.5 Å². The van der Waals surface area contributed by atoms with Crippen LogP contribution in [0.3, 0.4) is 0 Å². The Balaban J connectivity index is 2.74. The normalized spacial score (nSPS) is 14.1. The molecule has 0 saturated heterocycles. The van der Waals surface area contributed by atoms with Crippen LogP contribution in [0.4, 0.5) is 13.2 Å². The molecule has 1 amide bonds. The van der Waals surface area contributed by atoms with Crippen molar-refractivity contribution in [2.24, 2.45) is 0 Å². The number of amides is 1. The van der Waals surface area contributed by atoms with E-state index in [0.29, 0.717) is 9.78 Å². The molecule has 0 bridgehead atoms. The zero-order valence-corrected chi connectivity index (χ0v) is 12.5. The van der Waals surface area contributed by atoms with Crippen LogP contribution in [-0.4, -0.2) is 44.7 Å². The lowest BCUT2D eigenvalue weighted by Gasteiger charge is -2.20. The van der Waals surface area contributed by atoms with E-state index in [4.69, 9.17) is 0 Å². The van der Waals surface area contributed by atoms with Crippen LogP contribution in [-0.2, 0) is 14.6 Å². The third kappa shape index (κ3) is 4.78. The highest BCUT2D eigenvalue weighted by Gasteiger charge is 2.34. The summed E-state index contributed by atoms with van der Waals surface area (Å²) in [7, 11) is -2.90. The summed E-state index contributed by atoms with van der Waals surface area (Å²) in [6.45, 7) is -0.0487. The molecule has 1 aromatic heterocycles. The van der Waals surface area contributed by atoms with Crippen LogP contribution >= 0.6 is 11.3 Å². The summed E-state index contributed by atoms with van der Waals surface area (Å²) in [5, 5.41) is 0.782. The molecular weight excluding hydrogens is 315 g/mol. The van der Waals surface area contributed by atoms with Gasteiger partial charge in [0.15, 0.2) is 9.84 Å². The van der Waals surface area contributed by atoms with Crippen molar-refractivity contribution in [3.8, 4) is 0 Å². The fraction of sp³-hybridized carbons (Fsp3) is 0.545. The van der Waals surface area contributed by atoms with E-state index >= 15 is 0 Å². The third-order valence-corrected chi connectivity index (χ3v) is 5.83. The average molecular weight is 329 g/mol. The average Bonchev–Trinajstić information content (AvgIpc) is 2.78. The summed E-state index contributed by atoms with van der Waals surface area (Å²) in [4.78, 5) is 12.5. The van der Waals surface area contributed by atoms with Gasteiger partial charge in [0.05, 0.1) is 5.25 Å². The molecule has 1 atom stereocenters. The van der Waals surface area contributed by atoms with Crippen LogP contribution in [0.25, 0.3) is 0 Å². The van der Waals surface area contributed by atoms with Gasteiger partial charge in [-0.25, -0.2) is 8.42 Å². The van der Waals surface area contributed by atoms with Crippen LogP contribution in [0, 0.1) is 0 Å². The van der Waals surface area contributed by atoms with Crippen molar-refractivity contribution in [1.29, 1.82) is 0 Å². The van der Waals surface area contributed by atoms with Crippen molar-refractivity contribution in [3.63, 3.8) is 0 Å². The molecule has 0 N–H and O–H groups in total. The molecule has 1 rings (SSSR count). The van der Waals surface area contributed by atoms with Gasteiger partial charge >= 0.3 is 6.18 Å². The lowest BCUT2D eigenvalue weighted by Crippen LogP contribution is -2.39. The molecular formula is C11H14F3NO3S2. The first kappa shape index (κ1) is 17.0. The van der Waals surface area contributed by atoms with E-state index in [0.717, 1.165) is 7.05 Å². The van der Waals surface area contributed by atoms with Gasteiger partial charge in [0.1, 0.15) is 12.3 Å². The molecule has 0 radical (unpaired) electrons. The molecule has 0 aliphatic heterocycles. The number of sulfone groups is 1. The molecule has 0 unspecified atom stereocenters. The monoisotopic (exact) mass is 329 g/mol. The minimum Gasteiger partial charge on any atom is -0.336 e. The van der Waals surface area contributed by atoms with Gasteiger partial charge in [-0.1, -0.05) is 6.07 Å². The van der Waals surface area contributed by atoms with Crippen LogP contribution in [0.5, 0.6) is 0 Å². The molecule has 0 aliphatic rings. The zero-order chi connectivity index (χ0) is 15.6. The molecule has 114 valence electrons. The Kier molecular flexibility index (Phi) is 5.20. The second-order valence-electron chi connectivity index (χ2n) is 4.33. The molecule has 0 spiro atoms. The van der Waals surface area contributed by atoms with Gasteiger partial charge in [0.2, 0.25) is 5.91 Å². The molecule has 1 aromatic rings. The van der Waals surface area contributed by atoms with Gasteiger partial charge in [-0.3, -0.25) is 4.79 Å². The van der Waals surface area contributed by atoms with Crippen molar-refractivity contribution in [2.75, 3.05) is 19.3 Å². The topological polar surface area (TPSA) is 54.5 Å². The number of carbonyl (C=O) groups is 1. The quantitative estimate of drug-likeness (QED) is 0.832. The van der Waals surface area contributed by atoms with E-state index < -0.39 is 39.5 Å². The Labute approximate surface area is 119 Å². The van der Waals surface area contributed by atoms with Crippen LogP contribution in [0.1, 0.15) is 17.1 Å². The Morgan fingerprint density at radius 2 is 2.05 bits per heavy atom. The lowest BCUT2D eigenvalue weighted by molar-refractivity contribution is -0.156. The first-order chi connectivity index (χ1) is 9.03. The second-order valence-corrected chi connectivity index (χ2v) is 7.63.